The number of aromatic nitrogens is 2. The van der Waals surface area contributed by atoms with E-state index in [-0.39, 0.29) is 11.4 Å². The molecule has 5 heteroatoms. The minimum Gasteiger partial charge on any atom is -0.327 e. The van der Waals surface area contributed by atoms with Gasteiger partial charge in [0.1, 0.15) is 17.2 Å². The highest BCUT2D eigenvalue weighted by Gasteiger charge is 2.22. The highest BCUT2D eigenvalue weighted by atomic mass is 35.5. The van der Waals surface area contributed by atoms with Crippen LogP contribution in [0, 0.1) is 23.5 Å². The molecule has 1 aromatic heterocycles. The Labute approximate surface area is 128 Å². The van der Waals surface area contributed by atoms with Crippen LogP contribution in [-0.4, -0.2) is 9.55 Å². The lowest BCUT2D eigenvalue weighted by molar-refractivity contribution is 0.265. The van der Waals surface area contributed by atoms with Gasteiger partial charge in [-0.05, 0) is 30.7 Å². The molecule has 2 aromatic rings. The molecule has 0 spiro atoms. The van der Waals surface area contributed by atoms with E-state index in [2.05, 4.69) is 11.9 Å². The molecule has 21 heavy (non-hydrogen) atoms. The molecule has 0 N–H and O–H groups in total. The summed E-state index contributed by atoms with van der Waals surface area (Å²) >= 11 is 5.94. The van der Waals surface area contributed by atoms with Gasteiger partial charge in [0, 0.05) is 12.6 Å². The summed E-state index contributed by atoms with van der Waals surface area (Å²) in [6.45, 7) is 3.02. The summed E-state index contributed by atoms with van der Waals surface area (Å²) in [5.41, 5.74) is 0.734. The van der Waals surface area contributed by atoms with Gasteiger partial charge in [0.2, 0.25) is 0 Å². The molecule has 1 fully saturated rings. The molecule has 3 rings (SSSR count). The Morgan fingerprint density at radius 1 is 1.24 bits per heavy atom. The van der Waals surface area contributed by atoms with Crippen molar-refractivity contribution in [3.8, 4) is 0 Å². The normalized spacial score (nSPS) is 22.9. The molecule has 1 aliphatic carbocycles. The Morgan fingerprint density at radius 2 is 1.95 bits per heavy atom. The zero-order valence-corrected chi connectivity index (χ0v) is 12.8. The highest BCUT2D eigenvalue weighted by Crippen LogP contribution is 2.31. The molecule has 1 heterocycles. The fraction of sp³-hybridized carbons (Fsp3) is 0.562. The molecule has 0 radical (unpaired) electrons. The summed E-state index contributed by atoms with van der Waals surface area (Å²) in [4.78, 5) is 4.24. The van der Waals surface area contributed by atoms with Crippen molar-refractivity contribution >= 4 is 22.6 Å². The van der Waals surface area contributed by atoms with Crippen LogP contribution in [0.15, 0.2) is 12.1 Å². The Hall–Kier alpha value is -1.16. The van der Waals surface area contributed by atoms with Gasteiger partial charge in [-0.2, -0.15) is 0 Å². The van der Waals surface area contributed by atoms with E-state index in [4.69, 9.17) is 11.6 Å². The van der Waals surface area contributed by atoms with Crippen LogP contribution in [0.25, 0.3) is 11.0 Å². The van der Waals surface area contributed by atoms with Gasteiger partial charge in [-0.25, -0.2) is 13.8 Å². The molecule has 0 amide bonds. The minimum atomic E-state index is -0.618. The van der Waals surface area contributed by atoms with Gasteiger partial charge < -0.3 is 4.57 Å². The summed E-state index contributed by atoms with van der Waals surface area (Å²) in [5.74, 6) is 0.954. The molecular weight excluding hydrogens is 294 g/mol. The monoisotopic (exact) mass is 312 g/mol. The number of nitrogens with zero attached hydrogens (tertiary/aromatic N) is 2. The number of benzene rings is 1. The van der Waals surface area contributed by atoms with E-state index in [0.717, 1.165) is 31.4 Å². The topological polar surface area (TPSA) is 17.8 Å². The van der Waals surface area contributed by atoms with E-state index in [1.165, 1.54) is 18.9 Å². The molecule has 1 saturated carbocycles. The van der Waals surface area contributed by atoms with E-state index < -0.39 is 11.6 Å². The highest BCUT2D eigenvalue weighted by molar-refractivity contribution is 6.16. The average Bonchev–Trinajstić information content (AvgIpc) is 2.80. The number of halogens is 3. The second kappa shape index (κ2) is 5.91. The second-order valence-electron chi connectivity index (χ2n) is 6.15. The Bertz CT molecular complexity index is 645. The molecule has 0 unspecified atom stereocenters. The van der Waals surface area contributed by atoms with Crippen molar-refractivity contribution in [1.82, 2.24) is 9.55 Å². The molecule has 0 bridgehead atoms. The average molecular weight is 313 g/mol. The van der Waals surface area contributed by atoms with Gasteiger partial charge in [0.05, 0.1) is 11.4 Å². The first kappa shape index (κ1) is 14.8. The summed E-state index contributed by atoms with van der Waals surface area (Å²) in [6.07, 6.45) is 4.74. The maximum Gasteiger partial charge on any atom is 0.153 e. The second-order valence-corrected chi connectivity index (χ2v) is 6.42. The van der Waals surface area contributed by atoms with Crippen molar-refractivity contribution in [2.75, 3.05) is 0 Å². The van der Waals surface area contributed by atoms with Gasteiger partial charge in [-0.3, -0.25) is 0 Å². The third-order valence-corrected chi connectivity index (χ3v) is 4.79. The predicted molar refractivity (Wildman–Crippen MR) is 80.3 cm³/mol. The van der Waals surface area contributed by atoms with E-state index in [0.29, 0.717) is 17.3 Å². The largest absolute Gasteiger partial charge is 0.327 e. The molecular formula is C16H19ClF2N2. The van der Waals surface area contributed by atoms with Crippen molar-refractivity contribution in [2.45, 2.75) is 45.0 Å². The Balaban J connectivity index is 1.96. The molecule has 1 aromatic carbocycles. The Kier molecular flexibility index (Phi) is 4.16. The minimum absolute atomic E-state index is 0.207. The van der Waals surface area contributed by atoms with Crippen molar-refractivity contribution < 1.29 is 8.78 Å². The van der Waals surface area contributed by atoms with Crippen LogP contribution in [0.5, 0.6) is 0 Å². The molecule has 0 aliphatic heterocycles. The van der Waals surface area contributed by atoms with Gasteiger partial charge >= 0.3 is 0 Å². The maximum absolute atomic E-state index is 13.8. The number of rotatable bonds is 3. The van der Waals surface area contributed by atoms with Gasteiger partial charge in [0.15, 0.2) is 5.82 Å². The van der Waals surface area contributed by atoms with Crippen molar-refractivity contribution in [3.05, 3.63) is 29.6 Å². The lowest BCUT2D eigenvalue weighted by atomic mass is 9.83. The third-order valence-electron chi connectivity index (χ3n) is 4.55. The van der Waals surface area contributed by atoms with Crippen molar-refractivity contribution in [2.24, 2.45) is 11.8 Å². The van der Waals surface area contributed by atoms with E-state index in [1.54, 1.807) is 0 Å². The SMILES string of the molecule is CC1CCC(Cn2c(CCl)nc3c(F)cc(F)cc32)CC1. The van der Waals surface area contributed by atoms with Crippen LogP contribution in [-0.2, 0) is 12.4 Å². The van der Waals surface area contributed by atoms with E-state index >= 15 is 0 Å². The summed E-state index contributed by atoms with van der Waals surface area (Å²) in [6, 6.07) is 2.23. The number of imidazole rings is 1. The number of hydrogen-bond acceptors (Lipinski definition) is 1. The smallest absolute Gasteiger partial charge is 0.153 e. The van der Waals surface area contributed by atoms with Crippen LogP contribution in [0.3, 0.4) is 0 Å². The number of hydrogen-bond donors (Lipinski definition) is 0. The lowest BCUT2D eigenvalue weighted by Gasteiger charge is -2.27. The van der Waals surface area contributed by atoms with Crippen molar-refractivity contribution in [1.29, 1.82) is 0 Å². The quantitative estimate of drug-likeness (QED) is 0.739. The zero-order chi connectivity index (χ0) is 15.0. The molecule has 1 aliphatic rings. The van der Waals surface area contributed by atoms with Gasteiger partial charge in [0.25, 0.3) is 0 Å². The van der Waals surface area contributed by atoms with Gasteiger partial charge in [-0.1, -0.05) is 19.8 Å². The summed E-state index contributed by atoms with van der Waals surface area (Å²) in [7, 11) is 0. The van der Waals surface area contributed by atoms with Crippen LogP contribution in [0.4, 0.5) is 8.78 Å². The standard InChI is InChI=1S/C16H19ClF2N2/c1-10-2-4-11(5-3-10)9-21-14-7-12(18)6-13(19)16(14)20-15(21)8-17/h6-7,10-11H,2-5,8-9H2,1H3. The van der Waals surface area contributed by atoms with Gasteiger partial charge in [-0.15, -0.1) is 11.6 Å². The molecule has 2 nitrogen and oxygen atoms in total. The van der Waals surface area contributed by atoms with E-state index in [9.17, 15) is 8.78 Å². The van der Waals surface area contributed by atoms with E-state index in [1.807, 2.05) is 4.57 Å². The molecule has 0 saturated heterocycles. The first-order valence-electron chi connectivity index (χ1n) is 7.48. The fourth-order valence-electron chi connectivity index (χ4n) is 3.27. The number of fused-ring (bicyclic) bond motifs is 1. The first-order valence-corrected chi connectivity index (χ1v) is 8.02. The predicted octanol–water partition coefficient (Wildman–Crippen LogP) is 4.88. The number of alkyl halides is 1. The maximum atomic E-state index is 13.8. The third kappa shape index (κ3) is 2.91. The van der Waals surface area contributed by atoms with Crippen molar-refractivity contribution in [3.63, 3.8) is 0 Å². The first-order chi connectivity index (χ1) is 10.1. The summed E-state index contributed by atoms with van der Waals surface area (Å²) < 4.78 is 29.3. The zero-order valence-electron chi connectivity index (χ0n) is 12.1. The lowest BCUT2D eigenvalue weighted by Crippen LogP contribution is -2.18. The molecule has 114 valence electrons. The van der Waals surface area contributed by atoms with Crippen LogP contribution < -0.4 is 0 Å². The Morgan fingerprint density at radius 3 is 2.62 bits per heavy atom. The van der Waals surface area contributed by atoms with Crippen LogP contribution in [0.1, 0.15) is 38.4 Å². The van der Waals surface area contributed by atoms with Crippen LogP contribution >= 0.6 is 11.6 Å². The fourth-order valence-corrected chi connectivity index (χ4v) is 3.48. The molecule has 0 atom stereocenters. The summed E-state index contributed by atoms with van der Waals surface area (Å²) in [5, 5.41) is 0. The van der Waals surface area contributed by atoms with Crippen LogP contribution in [0.2, 0.25) is 0 Å².